The Labute approximate surface area is 124 Å². The Bertz CT molecular complexity index is 263. The van der Waals surface area contributed by atoms with Crippen LogP contribution in [0, 0.1) is 5.92 Å². The van der Waals surface area contributed by atoms with Crippen LogP contribution in [0.2, 0.25) is 0 Å². The zero-order valence-corrected chi connectivity index (χ0v) is 13.5. The van der Waals surface area contributed by atoms with Crippen molar-refractivity contribution in [2.24, 2.45) is 5.92 Å². The van der Waals surface area contributed by atoms with Gasteiger partial charge in [-0.15, -0.1) is 0 Å². The molecule has 0 unspecified atom stereocenters. The van der Waals surface area contributed by atoms with Gasteiger partial charge in [0.05, 0.1) is 7.11 Å². The maximum absolute atomic E-state index is 11.4. The van der Waals surface area contributed by atoms with E-state index in [-0.39, 0.29) is 6.09 Å². The van der Waals surface area contributed by atoms with Crippen LogP contribution in [0.3, 0.4) is 0 Å². The summed E-state index contributed by atoms with van der Waals surface area (Å²) in [5.41, 5.74) is 0. The van der Waals surface area contributed by atoms with Gasteiger partial charge < -0.3 is 15.0 Å². The zero-order chi connectivity index (χ0) is 14.8. The van der Waals surface area contributed by atoms with E-state index in [1.165, 1.54) is 39.2 Å². The Morgan fingerprint density at radius 3 is 2.55 bits per heavy atom. The monoisotopic (exact) mass is 284 g/mol. The van der Waals surface area contributed by atoms with Crippen molar-refractivity contribution in [3.8, 4) is 0 Å². The number of nitrogens with zero attached hydrogens (tertiary/aromatic N) is 1. The minimum absolute atomic E-state index is 0.186. The molecular formula is C16H32N2O2. The van der Waals surface area contributed by atoms with Crippen molar-refractivity contribution in [1.29, 1.82) is 0 Å². The van der Waals surface area contributed by atoms with Crippen molar-refractivity contribution in [3.63, 3.8) is 0 Å². The molecule has 118 valence electrons. The van der Waals surface area contributed by atoms with E-state index in [1.54, 1.807) is 4.90 Å². The molecule has 4 heteroatoms. The van der Waals surface area contributed by atoms with Gasteiger partial charge in [-0.2, -0.15) is 0 Å². The van der Waals surface area contributed by atoms with E-state index < -0.39 is 0 Å². The second-order valence-corrected chi connectivity index (χ2v) is 5.89. The SMILES string of the molecule is CCCC[C@H](CC)CCNC1CCN(C(=O)OC)CC1. The van der Waals surface area contributed by atoms with Crippen LogP contribution in [0.1, 0.15) is 58.8 Å². The zero-order valence-electron chi connectivity index (χ0n) is 13.5. The average Bonchev–Trinajstić information content (AvgIpc) is 2.50. The van der Waals surface area contributed by atoms with E-state index in [9.17, 15) is 4.79 Å². The molecule has 0 aliphatic carbocycles. The Morgan fingerprint density at radius 2 is 2.00 bits per heavy atom. The van der Waals surface area contributed by atoms with Crippen LogP contribution in [-0.4, -0.2) is 43.8 Å². The van der Waals surface area contributed by atoms with Crippen molar-refractivity contribution in [2.45, 2.75) is 64.8 Å². The summed E-state index contributed by atoms with van der Waals surface area (Å²) < 4.78 is 4.76. The van der Waals surface area contributed by atoms with Crippen molar-refractivity contribution in [2.75, 3.05) is 26.7 Å². The molecule has 4 nitrogen and oxygen atoms in total. The highest BCUT2D eigenvalue weighted by atomic mass is 16.5. The summed E-state index contributed by atoms with van der Waals surface area (Å²) in [6.45, 7) is 7.31. The minimum atomic E-state index is -0.186. The van der Waals surface area contributed by atoms with Gasteiger partial charge in [0.2, 0.25) is 0 Å². The summed E-state index contributed by atoms with van der Waals surface area (Å²) in [6, 6.07) is 0.569. The number of methoxy groups -OCH3 is 1. The summed E-state index contributed by atoms with van der Waals surface area (Å²) in [4.78, 5) is 13.2. The van der Waals surface area contributed by atoms with Crippen molar-refractivity contribution < 1.29 is 9.53 Å². The molecule has 1 fully saturated rings. The van der Waals surface area contributed by atoms with Crippen LogP contribution in [0.25, 0.3) is 0 Å². The van der Waals surface area contributed by atoms with E-state index in [1.807, 2.05) is 0 Å². The molecule has 1 rings (SSSR count). The fourth-order valence-electron chi connectivity index (χ4n) is 2.93. The molecule has 20 heavy (non-hydrogen) atoms. The number of ether oxygens (including phenoxy) is 1. The third-order valence-corrected chi connectivity index (χ3v) is 4.46. The van der Waals surface area contributed by atoms with Gasteiger partial charge in [-0.1, -0.05) is 39.5 Å². The third kappa shape index (κ3) is 6.12. The number of nitrogens with one attached hydrogen (secondary N) is 1. The minimum Gasteiger partial charge on any atom is -0.453 e. The van der Waals surface area contributed by atoms with Crippen LogP contribution >= 0.6 is 0 Å². The van der Waals surface area contributed by atoms with Gasteiger partial charge in [-0.3, -0.25) is 0 Å². The Kier molecular flexibility index (Phi) is 8.67. The largest absolute Gasteiger partial charge is 0.453 e. The fourth-order valence-corrected chi connectivity index (χ4v) is 2.93. The third-order valence-electron chi connectivity index (χ3n) is 4.46. The molecule has 0 radical (unpaired) electrons. The smallest absolute Gasteiger partial charge is 0.409 e. The summed E-state index contributed by atoms with van der Waals surface area (Å²) >= 11 is 0. The van der Waals surface area contributed by atoms with Crippen molar-refractivity contribution >= 4 is 6.09 Å². The summed E-state index contributed by atoms with van der Waals surface area (Å²) in [5, 5.41) is 3.66. The molecule has 0 saturated carbocycles. The predicted molar refractivity (Wildman–Crippen MR) is 82.9 cm³/mol. The van der Waals surface area contributed by atoms with Gasteiger partial charge in [-0.25, -0.2) is 4.79 Å². The second kappa shape index (κ2) is 10.0. The number of hydrogen-bond donors (Lipinski definition) is 1. The molecule has 1 aliphatic heterocycles. The molecule has 1 heterocycles. The van der Waals surface area contributed by atoms with E-state index >= 15 is 0 Å². The molecule has 0 spiro atoms. The van der Waals surface area contributed by atoms with Gasteiger partial charge >= 0.3 is 6.09 Å². The van der Waals surface area contributed by atoms with Gasteiger partial charge in [0.25, 0.3) is 0 Å². The molecule has 1 saturated heterocycles. The molecule has 1 aliphatic rings. The molecule has 0 bridgehead atoms. The molecular weight excluding hydrogens is 252 g/mol. The van der Waals surface area contributed by atoms with E-state index in [4.69, 9.17) is 4.74 Å². The summed E-state index contributed by atoms with van der Waals surface area (Å²) in [5.74, 6) is 0.873. The summed E-state index contributed by atoms with van der Waals surface area (Å²) in [6.07, 6.45) is 8.51. The Hall–Kier alpha value is -0.770. The highest BCUT2D eigenvalue weighted by Crippen LogP contribution is 2.17. The first-order valence-electron chi connectivity index (χ1n) is 8.27. The molecule has 0 aromatic heterocycles. The van der Waals surface area contributed by atoms with Crippen LogP contribution < -0.4 is 5.32 Å². The Morgan fingerprint density at radius 1 is 1.30 bits per heavy atom. The first-order chi connectivity index (χ1) is 9.71. The van der Waals surface area contributed by atoms with E-state index in [0.29, 0.717) is 6.04 Å². The number of rotatable bonds is 8. The number of amides is 1. The van der Waals surface area contributed by atoms with Gasteiger partial charge in [-0.05, 0) is 31.7 Å². The van der Waals surface area contributed by atoms with E-state index in [2.05, 4.69) is 19.2 Å². The summed E-state index contributed by atoms with van der Waals surface area (Å²) in [7, 11) is 1.45. The average molecular weight is 284 g/mol. The number of carbonyl (C=O) groups excluding carboxylic acids is 1. The Balaban J connectivity index is 2.13. The molecule has 0 aromatic carbocycles. The lowest BCUT2D eigenvalue weighted by Crippen LogP contribution is -2.45. The van der Waals surface area contributed by atoms with Crippen LogP contribution in [-0.2, 0) is 4.74 Å². The quantitative estimate of drug-likeness (QED) is 0.742. The van der Waals surface area contributed by atoms with Crippen LogP contribution in [0.15, 0.2) is 0 Å². The lowest BCUT2D eigenvalue weighted by atomic mass is 9.95. The first-order valence-corrected chi connectivity index (χ1v) is 8.27. The highest BCUT2D eigenvalue weighted by molar-refractivity contribution is 5.67. The van der Waals surface area contributed by atoms with Gasteiger partial charge in [0, 0.05) is 19.1 Å². The number of carbonyl (C=O) groups is 1. The first kappa shape index (κ1) is 17.3. The van der Waals surface area contributed by atoms with Gasteiger partial charge in [0.15, 0.2) is 0 Å². The molecule has 0 aromatic rings. The topological polar surface area (TPSA) is 41.6 Å². The molecule has 1 atom stereocenters. The van der Waals surface area contributed by atoms with Crippen LogP contribution in [0.5, 0.6) is 0 Å². The fraction of sp³-hybridized carbons (Fsp3) is 0.938. The maximum Gasteiger partial charge on any atom is 0.409 e. The lowest BCUT2D eigenvalue weighted by Gasteiger charge is -2.31. The maximum atomic E-state index is 11.4. The van der Waals surface area contributed by atoms with Crippen molar-refractivity contribution in [3.05, 3.63) is 0 Å². The highest BCUT2D eigenvalue weighted by Gasteiger charge is 2.22. The van der Waals surface area contributed by atoms with Gasteiger partial charge in [0.1, 0.15) is 0 Å². The number of likely N-dealkylation sites (tertiary alicyclic amines) is 1. The number of unbranched alkanes of at least 4 members (excludes halogenated alkanes) is 1. The normalized spacial score (nSPS) is 18.1. The van der Waals surface area contributed by atoms with Crippen molar-refractivity contribution in [1.82, 2.24) is 10.2 Å². The number of piperidine rings is 1. The van der Waals surface area contributed by atoms with E-state index in [0.717, 1.165) is 38.4 Å². The lowest BCUT2D eigenvalue weighted by molar-refractivity contribution is 0.109. The van der Waals surface area contributed by atoms with Crippen LogP contribution in [0.4, 0.5) is 4.79 Å². The molecule has 1 amide bonds. The second-order valence-electron chi connectivity index (χ2n) is 5.89. The number of hydrogen-bond acceptors (Lipinski definition) is 3. The molecule has 1 N–H and O–H groups in total. The predicted octanol–water partition coefficient (Wildman–Crippen LogP) is 3.41. The standard InChI is InChI=1S/C16H32N2O2/c1-4-6-7-14(5-2)8-11-17-15-9-12-18(13-10-15)16(19)20-3/h14-15,17H,4-13H2,1-3H3/t14-/m0/s1.